The van der Waals surface area contributed by atoms with Crippen molar-refractivity contribution in [1.29, 1.82) is 0 Å². The number of unbranched alkanes of at least 4 members (excludes halogenated alkanes) is 1. The third-order valence-corrected chi connectivity index (χ3v) is 3.79. The molecule has 1 heterocycles. The fourth-order valence-corrected chi connectivity index (χ4v) is 2.69. The van der Waals surface area contributed by atoms with E-state index < -0.39 is 0 Å². The van der Waals surface area contributed by atoms with Crippen molar-refractivity contribution in [3.63, 3.8) is 0 Å². The largest absolute Gasteiger partial charge is 0.382 e. The molecule has 0 spiro atoms. The van der Waals surface area contributed by atoms with Gasteiger partial charge in [-0.3, -0.25) is 0 Å². The zero-order chi connectivity index (χ0) is 12.3. The first-order chi connectivity index (χ1) is 8.24. The summed E-state index contributed by atoms with van der Waals surface area (Å²) in [4.78, 5) is 4.68. The highest BCUT2D eigenvalue weighted by Crippen LogP contribution is 2.33. The molecule has 0 aromatic carbocycles. The molecule has 96 valence electrons. The maximum atomic E-state index is 6.04. The minimum absolute atomic E-state index is 0.520. The Morgan fingerprint density at radius 3 is 2.65 bits per heavy atom. The summed E-state index contributed by atoms with van der Waals surface area (Å²) in [6.45, 7) is 2.18. The zero-order valence-electron chi connectivity index (χ0n) is 10.8. The molecule has 0 amide bonds. The molecule has 0 radical (unpaired) electrons. The van der Waals surface area contributed by atoms with Crippen molar-refractivity contribution in [3.05, 3.63) is 11.5 Å². The molecule has 4 nitrogen and oxygen atoms in total. The summed E-state index contributed by atoms with van der Waals surface area (Å²) in [5, 5.41) is 0. The second-order valence-corrected chi connectivity index (χ2v) is 5.11. The monoisotopic (exact) mass is 236 g/mol. The highest BCUT2D eigenvalue weighted by atomic mass is 15.4. The fraction of sp³-hybridized carbons (Fsp3) is 0.769. The third-order valence-electron chi connectivity index (χ3n) is 3.79. The van der Waals surface area contributed by atoms with Gasteiger partial charge in [-0.2, -0.15) is 0 Å². The van der Waals surface area contributed by atoms with Crippen LogP contribution in [0.1, 0.15) is 69.3 Å². The van der Waals surface area contributed by atoms with Crippen molar-refractivity contribution < 1.29 is 0 Å². The number of nitrogen functional groups attached to an aromatic ring is 2. The number of hydrogen-bond acceptors (Lipinski definition) is 3. The van der Waals surface area contributed by atoms with Crippen LogP contribution in [-0.4, -0.2) is 9.66 Å². The first kappa shape index (κ1) is 12.3. The summed E-state index contributed by atoms with van der Waals surface area (Å²) < 4.78 is 1.63. The average Bonchev–Trinajstić information content (AvgIpc) is 2.65. The molecule has 0 aliphatic heterocycles. The number of nitrogens with zero attached hydrogens (tertiary/aromatic N) is 2. The predicted molar refractivity (Wildman–Crippen MR) is 71.2 cm³/mol. The Balaban J connectivity index is 2.16. The lowest BCUT2D eigenvalue weighted by molar-refractivity contribution is 0.424. The fourth-order valence-electron chi connectivity index (χ4n) is 2.69. The average molecular weight is 236 g/mol. The van der Waals surface area contributed by atoms with Crippen LogP contribution in [0.5, 0.6) is 0 Å². The topological polar surface area (TPSA) is 69.9 Å². The highest BCUT2D eigenvalue weighted by Gasteiger charge is 2.22. The molecule has 0 bridgehead atoms. The Morgan fingerprint density at radius 1 is 1.29 bits per heavy atom. The number of aromatic nitrogens is 2. The van der Waals surface area contributed by atoms with Crippen LogP contribution in [0.15, 0.2) is 0 Å². The van der Waals surface area contributed by atoms with Gasteiger partial charge >= 0.3 is 0 Å². The van der Waals surface area contributed by atoms with E-state index >= 15 is 0 Å². The highest BCUT2D eigenvalue weighted by molar-refractivity contribution is 5.39. The smallest absolute Gasteiger partial charge is 0.145 e. The summed E-state index contributed by atoms with van der Waals surface area (Å²) in [6, 6.07) is 0. The van der Waals surface area contributed by atoms with E-state index in [1.807, 2.05) is 0 Å². The Morgan fingerprint density at radius 2 is 2.00 bits per heavy atom. The van der Waals surface area contributed by atoms with E-state index in [2.05, 4.69) is 11.9 Å². The van der Waals surface area contributed by atoms with Crippen molar-refractivity contribution in [2.45, 2.75) is 64.2 Å². The van der Waals surface area contributed by atoms with Crippen LogP contribution in [-0.2, 0) is 6.42 Å². The summed E-state index contributed by atoms with van der Waals surface area (Å²) in [7, 11) is 0. The Labute approximate surface area is 103 Å². The molecule has 4 N–H and O–H groups in total. The zero-order valence-corrected chi connectivity index (χ0v) is 10.8. The van der Waals surface area contributed by atoms with Gasteiger partial charge in [-0.15, -0.1) is 0 Å². The molecule has 1 aliphatic carbocycles. The maximum Gasteiger partial charge on any atom is 0.145 e. The van der Waals surface area contributed by atoms with Crippen molar-refractivity contribution in [1.82, 2.24) is 9.66 Å². The van der Waals surface area contributed by atoms with E-state index in [9.17, 15) is 0 Å². The quantitative estimate of drug-likeness (QED) is 0.789. The Kier molecular flexibility index (Phi) is 3.92. The lowest BCUT2D eigenvalue weighted by Crippen LogP contribution is -2.19. The second-order valence-electron chi connectivity index (χ2n) is 5.11. The van der Waals surface area contributed by atoms with Gasteiger partial charge in [0.05, 0.1) is 5.69 Å². The molecule has 17 heavy (non-hydrogen) atoms. The van der Waals surface area contributed by atoms with E-state index in [0.717, 1.165) is 30.8 Å². The van der Waals surface area contributed by atoms with Gasteiger partial charge in [0.25, 0.3) is 0 Å². The van der Waals surface area contributed by atoms with Crippen LogP contribution < -0.4 is 11.6 Å². The van der Waals surface area contributed by atoms with E-state index in [1.54, 1.807) is 4.68 Å². The van der Waals surface area contributed by atoms with Crippen molar-refractivity contribution in [3.8, 4) is 0 Å². The van der Waals surface area contributed by atoms with Crippen LogP contribution >= 0.6 is 0 Å². The molecule has 1 aromatic heterocycles. The molecule has 1 saturated carbocycles. The molecule has 1 aromatic rings. The van der Waals surface area contributed by atoms with Crippen molar-refractivity contribution in [2.24, 2.45) is 0 Å². The van der Waals surface area contributed by atoms with E-state index in [1.165, 1.54) is 32.1 Å². The minimum atomic E-state index is 0.520. The van der Waals surface area contributed by atoms with Gasteiger partial charge in [-0.1, -0.05) is 32.6 Å². The van der Waals surface area contributed by atoms with Gasteiger partial charge in [-0.25, -0.2) is 9.66 Å². The lowest BCUT2D eigenvalue weighted by Gasteiger charge is -2.20. The first-order valence-corrected chi connectivity index (χ1v) is 6.86. The standard InChI is InChI=1S/C13H24N4/c1-2-3-9-11-12(14)17(15)13(16-11)10-7-5-4-6-8-10/h10H,2-9,14-15H2,1H3. The van der Waals surface area contributed by atoms with Crippen molar-refractivity contribution >= 4 is 5.82 Å². The van der Waals surface area contributed by atoms with Crippen LogP contribution in [0, 0.1) is 0 Å². The van der Waals surface area contributed by atoms with Gasteiger partial charge in [0, 0.05) is 5.92 Å². The summed E-state index contributed by atoms with van der Waals surface area (Å²) >= 11 is 0. The number of aryl methyl sites for hydroxylation is 1. The Bertz CT molecular complexity index is 364. The minimum Gasteiger partial charge on any atom is -0.382 e. The molecule has 0 unspecified atom stereocenters. The van der Waals surface area contributed by atoms with Gasteiger partial charge < -0.3 is 11.6 Å². The predicted octanol–water partition coefficient (Wildman–Crippen LogP) is 2.57. The molecular formula is C13H24N4. The molecular weight excluding hydrogens is 212 g/mol. The first-order valence-electron chi connectivity index (χ1n) is 6.86. The van der Waals surface area contributed by atoms with Crippen LogP contribution in [0.25, 0.3) is 0 Å². The van der Waals surface area contributed by atoms with Crippen LogP contribution in [0.2, 0.25) is 0 Å². The maximum absolute atomic E-state index is 6.04. The summed E-state index contributed by atoms with van der Waals surface area (Å²) in [6.07, 6.45) is 9.60. The number of imidazole rings is 1. The van der Waals surface area contributed by atoms with Crippen LogP contribution in [0.4, 0.5) is 5.82 Å². The van der Waals surface area contributed by atoms with Gasteiger partial charge in [0.1, 0.15) is 11.6 Å². The number of hydrogen-bond donors (Lipinski definition) is 2. The second kappa shape index (κ2) is 5.43. The van der Waals surface area contributed by atoms with Crippen molar-refractivity contribution in [2.75, 3.05) is 11.6 Å². The number of anilines is 1. The number of rotatable bonds is 4. The van der Waals surface area contributed by atoms with E-state index in [-0.39, 0.29) is 0 Å². The van der Waals surface area contributed by atoms with Gasteiger partial charge in [0.15, 0.2) is 0 Å². The molecule has 2 rings (SSSR count). The summed E-state index contributed by atoms with van der Waals surface area (Å²) in [5.41, 5.74) is 7.02. The molecule has 4 heteroatoms. The normalized spacial score (nSPS) is 17.5. The molecule has 1 aliphatic rings. The Hall–Kier alpha value is -1.19. The molecule has 0 atom stereocenters. The number of nitrogens with two attached hydrogens (primary N) is 2. The molecule has 1 fully saturated rings. The SMILES string of the molecule is CCCCc1nc(C2CCCCC2)n(N)c1N. The van der Waals surface area contributed by atoms with Crippen LogP contribution in [0.3, 0.4) is 0 Å². The lowest BCUT2D eigenvalue weighted by atomic mass is 9.89. The van der Waals surface area contributed by atoms with E-state index in [0.29, 0.717) is 11.7 Å². The molecule has 0 saturated heterocycles. The third kappa shape index (κ3) is 2.56. The van der Waals surface area contributed by atoms with Gasteiger partial charge in [0.2, 0.25) is 0 Å². The summed E-state index contributed by atoms with van der Waals surface area (Å²) in [5.74, 6) is 8.23. The van der Waals surface area contributed by atoms with E-state index in [4.69, 9.17) is 11.6 Å². The van der Waals surface area contributed by atoms with Gasteiger partial charge in [-0.05, 0) is 25.7 Å².